The summed E-state index contributed by atoms with van der Waals surface area (Å²) in [4.78, 5) is 83.3. The first-order valence-corrected chi connectivity index (χ1v) is 53.2. The highest BCUT2D eigenvalue weighted by Gasteiger charge is 2.55. The summed E-state index contributed by atoms with van der Waals surface area (Å²) < 4.78 is 67.5. The quantitative estimate of drug-likeness (QED) is 0.0118. The topological polar surface area (TPSA) is 397 Å². The lowest BCUT2D eigenvalue weighted by Crippen LogP contribution is -2.67. The first-order valence-electron chi connectivity index (χ1n) is 47.4. The van der Waals surface area contributed by atoms with Crippen molar-refractivity contribution >= 4 is 90.9 Å². The first-order chi connectivity index (χ1) is 67.6. The monoisotopic (exact) mass is 1970 g/mol. The molecule has 4 aromatic heterocycles. The number of nitrogens with one attached hydrogen (secondary N) is 2. The van der Waals surface area contributed by atoms with Crippen LogP contribution >= 0.6 is 0 Å². The van der Waals surface area contributed by atoms with Gasteiger partial charge in [0.05, 0.1) is 63.7 Å². The lowest BCUT2D eigenvalue weighted by molar-refractivity contribution is -0.172. The van der Waals surface area contributed by atoms with E-state index in [2.05, 4.69) is 191 Å². The number of amides is 2. The number of aliphatic hydroxyl groups is 4. The highest BCUT2D eigenvalue weighted by molar-refractivity contribution is 7.00. The van der Waals surface area contributed by atoms with Crippen LogP contribution in [0.15, 0.2) is 336 Å². The predicted octanol–water partition coefficient (Wildman–Crippen LogP) is 11.7. The lowest BCUT2D eigenvalue weighted by Gasteiger charge is -2.43. The van der Waals surface area contributed by atoms with E-state index >= 15 is 0 Å². The van der Waals surface area contributed by atoms with Crippen LogP contribution in [0.3, 0.4) is 0 Å². The molecule has 5 unspecified atom stereocenters. The van der Waals surface area contributed by atoms with Gasteiger partial charge in [-0.1, -0.05) is 287 Å². The molecule has 16 rings (SSSR count). The first kappa shape index (κ1) is 107. The fourth-order valence-electron chi connectivity index (χ4n) is 18.3. The molecular weight excluding hydrogens is 1840 g/mol. The molecule has 4 aliphatic rings. The number of hydrogen-bond acceptors (Lipinski definition) is 24. The van der Waals surface area contributed by atoms with Crippen molar-refractivity contribution in [3.8, 4) is 0 Å². The van der Waals surface area contributed by atoms with Gasteiger partial charge in [-0.15, -0.1) is 0 Å². The summed E-state index contributed by atoms with van der Waals surface area (Å²) in [6.45, 7) is 30.5. The van der Waals surface area contributed by atoms with Crippen LogP contribution < -0.4 is 75.7 Å². The van der Waals surface area contributed by atoms with Crippen molar-refractivity contribution in [2.24, 2.45) is 0 Å². The normalized spacial score (nSPS) is 20.4. The van der Waals surface area contributed by atoms with E-state index in [4.69, 9.17) is 58.3 Å². The van der Waals surface area contributed by atoms with E-state index in [-0.39, 0.29) is 89.0 Å². The molecule has 12 aromatic rings. The van der Waals surface area contributed by atoms with Gasteiger partial charge in [0.15, 0.2) is 6.29 Å². The van der Waals surface area contributed by atoms with Crippen molar-refractivity contribution in [1.29, 1.82) is 0 Å². The van der Waals surface area contributed by atoms with E-state index in [1.807, 2.05) is 118 Å². The third-order valence-electron chi connectivity index (χ3n) is 25.1. The summed E-state index contributed by atoms with van der Waals surface area (Å²) in [5.74, 6) is -0.396. The van der Waals surface area contributed by atoms with Gasteiger partial charge in [-0.2, -0.15) is 9.97 Å². The second-order valence-electron chi connectivity index (χ2n) is 37.6. The maximum Gasteiger partial charge on any atom is 0.351 e. The Morgan fingerprint density at radius 3 is 0.986 bits per heavy atom. The molecule has 33 heteroatoms. The highest BCUT2D eigenvalue weighted by Crippen LogP contribution is 2.43. The summed E-state index contributed by atoms with van der Waals surface area (Å²) in [5.41, 5.74) is 11.2. The second-order valence-corrected chi connectivity index (χ2v) is 50.6. The molecule has 141 heavy (non-hydrogen) atoms. The Bertz CT molecular complexity index is 6110. The molecule has 0 radical (unpaired) electrons. The number of carbonyl (C=O) groups excluding carboxylic acids is 2. The summed E-state index contributed by atoms with van der Waals surface area (Å²) in [7, 11) is -8.42. The van der Waals surface area contributed by atoms with E-state index in [0.717, 1.165) is 27.4 Å². The predicted molar refractivity (Wildman–Crippen MR) is 554 cm³/mol. The van der Waals surface area contributed by atoms with Gasteiger partial charge < -0.3 is 89.0 Å². The summed E-state index contributed by atoms with van der Waals surface area (Å²) >= 11 is 0. The van der Waals surface area contributed by atoms with Crippen molar-refractivity contribution in [2.45, 2.75) is 204 Å². The Hall–Kier alpha value is -12.4. The minimum atomic E-state index is -2.85. The van der Waals surface area contributed by atoms with Gasteiger partial charge >= 0.3 is 11.4 Å². The molecule has 10 N–H and O–H groups in total. The average molecular weight is 1970 g/mol. The Balaban J connectivity index is 0.000000172. The standard InChI is InChI=1S/C36H43N3O6Si.C32H35N3O5Si.C26H32N2O4Si.C10H14N2O4.C4H8O/c1-6-42-26(2)44-30-24-33(39-23-22-32(38-35(39)41)37-34(40)27-16-10-7-11-17-27)45-31(30)25-43-46(36(3,4)5,28-18-12-8-13-19-28)29-20-14-9-15-21-29;1-32(2,3)41(24-15-9-5-10-16-24,25-17-11-6-12-18-25)39-22-27-26(36)21-29(40-27)35-20-19-28(34-31(35)38)33-30(37)23-13-7-4-8-14-23;1-26(2,3)33(20-10-6-4-7-11-20,21-12-8-5-9-13-21)31-18-23-22(29)17-25(32-23)28-15-14-19(27)16-24(28)30;11-6-1-2-12(9(15)3-6)10-4-7(14)8(5-13)16-10;1-3-5-4-2/h7-23,26,30-31,33H,6,24-25H2,1-5H3,(H,37,38,40,41);4-20,26-27,29,36H,21-22H2,1-3H3,(H,33,34,37,38);4-16,22-23,25,29H,17-18,27H2,1-3H3;1-3,7-8,10,13-14H,4-5,11H2;3H,1,4H2,2H3/t26?,30?,31-,33-;26?,27-,29-;22?,23-,25-;7?,8-,10-;/m1111./s1. The molecule has 4 saturated heterocycles. The maximum atomic E-state index is 13.2. The fourth-order valence-corrected chi connectivity index (χ4v) is 32.0. The Labute approximate surface area is 825 Å². The Morgan fingerprint density at radius 1 is 0.426 bits per heavy atom. The number of benzene rings is 8. The van der Waals surface area contributed by atoms with E-state index < -0.39 is 116 Å². The number of anilines is 4. The van der Waals surface area contributed by atoms with Gasteiger partial charge in [-0.05, 0) is 116 Å². The Morgan fingerprint density at radius 2 is 0.709 bits per heavy atom. The summed E-state index contributed by atoms with van der Waals surface area (Å²) in [6, 6.07) is 88.6. The van der Waals surface area contributed by atoms with Crippen LogP contribution in [-0.4, -0.2) is 180 Å². The summed E-state index contributed by atoms with van der Waals surface area (Å²) in [6.07, 6.45) is 0.947. The molecule has 30 nitrogen and oxygen atoms in total. The Kier molecular flexibility index (Phi) is 37.6. The van der Waals surface area contributed by atoms with Gasteiger partial charge in [0.1, 0.15) is 61.0 Å². The minimum Gasteiger partial charge on any atom is -0.502 e. The van der Waals surface area contributed by atoms with Gasteiger partial charge in [-0.25, -0.2) is 9.59 Å². The van der Waals surface area contributed by atoms with Gasteiger partial charge in [0.25, 0.3) is 47.9 Å². The van der Waals surface area contributed by atoms with Crippen LogP contribution in [0.5, 0.6) is 0 Å². The molecule has 4 aliphatic heterocycles. The molecule has 8 heterocycles. The average Bonchev–Trinajstić information content (AvgIpc) is 1.29. The number of carbonyl (C=O) groups is 2. The van der Waals surface area contributed by atoms with Gasteiger partial charge in [0, 0.05) is 91.7 Å². The van der Waals surface area contributed by atoms with Crippen molar-refractivity contribution in [3.05, 3.63) is 369 Å². The number of nitrogens with zero attached hydrogens (tertiary/aromatic N) is 6. The van der Waals surface area contributed by atoms with E-state index in [1.54, 1.807) is 85.2 Å². The maximum absolute atomic E-state index is 13.2. The number of ether oxygens (including phenoxy) is 7. The highest BCUT2D eigenvalue weighted by atomic mass is 28.4. The van der Waals surface area contributed by atoms with Crippen molar-refractivity contribution in [1.82, 2.24) is 28.2 Å². The van der Waals surface area contributed by atoms with Crippen LogP contribution in [-0.2, 0) is 46.4 Å². The largest absolute Gasteiger partial charge is 0.502 e. The van der Waals surface area contributed by atoms with Crippen LogP contribution in [0.2, 0.25) is 15.1 Å². The molecular formula is C108H132N10O20Si3. The molecule has 2 amide bonds. The smallest absolute Gasteiger partial charge is 0.351 e. The minimum absolute atomic E-state index is 0.144. The molecule has 746 valence electrons. The SMILES string of the molecule is C=COCC.CC(C)(C)[Si](OC[C@H]1O[C@@H](n2ccc(N)cc2=O)CC1O)(c1ccccc1)c1ccccc1.CC(C)(C)[Si](OC[C@H]1O[C@@H](n2ccc(NC(=O)c3ccccc3)nc2=O)CC1O)(c1ccccc1)c1ccccc1.CCOC(C)OC1C[C@H](n2ccc(NC(=O)c3ccccc3)nc2=O)O[C@@H]1CO[Si](c1ccccc1)(c1ccccc1)C(C)(C)C.Nc1ccn([C@H]2CC(O)[C@@H](CO)O2)c(=O)c1. The molecule has 13 atom stereocenters. The zero-order valence-corrected chi connectivity index (χ0v) is 84.9. The number of aliphatic hydroxyl groups excluding tert-OH is 4. The van der Waals surface area contributed by atoms with Crippen LogP contribution in [0.25, 0.3) is 0 Å². The van der Waals surface area contributed by atoms with Crippen molar-refractivity contribution < 1.29 is 76.5 Å². The summed E-state index contributed by atoms with van der Waals surface area (Å²) in [5, 5.41) is 51.9. The molecule has 0 bridgehead atoms. The molecule has 0 saturated carbocycles. The van der Waals surface area contributed by atoms with E-state index in [0.29, 0.717) is 42.0 Å². The zero-order chi connectivity index (χ0) is 101. The molecule has 8 aromatic carbocycles. The number of rotatable bonds is 30. The van der Waals surface area contributed by atoms with E-state index in [1.165, 1.54) is 59.4 Å². The lowest BCUT2D eigenvalue weighted by atomic mass is 10.2. The molecule has 4 fully saturated rings. The van der Waals surface area contributed by atoms with Crippen molar-refractivity contribution in [2.75, 3.05) is 61.7 Å². The molecule has 0 aliphatic carbocycles. The van der Waals surface area contributed by atoms with Gasteiger partial charge in [-0.3, -0.25) is 37.4 Å². The molecule has 0 spiro atoms. The van der Waals surface area contributed by atoms with Crippen LogP contribution in [0.1, 0.15) is 154 Å². The fraction of sp³-hybridized carbons (Fsp3) is 0.352. The number of nitrogen functional groups attached to an aromatic ring is 2. The van der Waals surface area contributed by atoms with Crippen LogP contribution in [0.4, 0.5) is 23.0 Å². The number of hydrogen-bond donors (Lipinski definition) is 8. The zero-order valence-electron chi connectivity index (χ0n) is 81.9. The van der Waals surface area contributed by atoms with Crippen LogP contribution in [0, 0.1) is 0 Å². The second kappa shape index (κ2) is 49.4. The van der Waals surface area contributed by atoms with Crippen molar-refractivity contribution in [3.63, 3.8) is 0 Å². The number of pyridine rings is 2. The number of nitrogens with two attached hydrogens (primary N) is 2. The third kappa shape index (κ3) is 26.5. The third-order valence-corrected chi connectivity index (χ3v) is 40.1. The van der Waals surface area contributed by atoms with Gasteiger partial charge in [0.2, 0.25) is 0 Å². The van der Waals surface area contributed by atoms with E-state index in [9.17, 15) is 44.1 Å². The number of aromatic nitrogens is 6.